The van der Waals surface area contributed by atoms with E-state index in [9.17, 15) is 19.5 Å². The molecule has 0 aliphatic carbocycles. The van der Waals surface area contributed by atoms with Gasteiger partial charge in [-0.2, -0.15) is 0 Å². The van der Waals surface area contributed by atoms with E-state index in [4.69, 9.17) is 18.9 Å². The molecule has 0 amide bonds. The van der Waals surface area contributed by atoms with Gasteiger partial charge in [-0.1, -0.05) is 184 Å². The molecule has 0 fully saturated rings. The fourth-order valence-electron chi connectivity index (χ4n) is 5.67. The molecule has 0 aromatic heterocycles. The minimum absolute atomic E-state index is 0.0359. The molecule has 69 heavy (non-hydrogen) atoms. The van der Waals surface area contributed by atoms with Crippen molar-refractivity contribution in [2.45, 2.75) is 142 Å². The van der Waals surface area contributed by atoms with Crippen molar-refractivity contribution in [3.8, 4) is 0 Å². The quantitative estimate of drug-likeness (QED) is 0.0195. The maximum absolute atomic E-state index is 12.8. The Kier molecular flexibility index (Phi) is 45.3. The van der Waals surface area contributed by atoms with Crippen molar-refractivity contribution in [1.82, 2.24) is 0 Å². The molecule has 2 atom stereocenters. The zero-order valence-electron chi connectivity index (χ0n) is 43.1. The molecule has 0 radical (unpaired) electrons. The molecular formula is C60H89NO8. The van der Waals surface area contributed by atoms with Crippen LogP contribution in [-0.4, -0.2) is 82.3 Å². The molecule has 0 spiro atoms. The van der Waals surface area contributed by atoms with Crippen LogP contribution < -0.4 is 5.11 Å². The SMILES string of the molecule is CC/C=C\C/C=C\C/C=C\C/C=C\C/C=C\C/C=C\C/C=C\C/C=C\C/C=C\CCCC(=O)OC(COC(=O)C/C=C\C/C=C\C/C=C\C/C=C\C/C=C\CC)COC(OCC[N+](C)(C)C)C(=O)[O-]. The lowest BCUT2D eigenvalue weighted by molar-refractivity contribution is -0.870. The molecule has 0 aromatic carbocycles. The first kappa shape index (κ1) is 63.6. The summed E-state index contributed by atoms with van der Waals surface area (Å²) in [5.74, 6) is -2.56. The summed E-state index contributed by atoms with van der Waals surface area (Å²) in [5, 5.41) is 11.7. The first-order valence-electron chi connectivity index (χ1n) is 25.3. The number of unbranched alkanes of at least 4 members (excludes halogenated alkanes) is 1. The monoisotopic (exact) mass is 952 g/mol. The van der Waals surface area contributed by atoms with Gasteiger partial charge in [-0.25, -0.2) is 0 Å². The number of ether oxygens (including phenoxy) is 4. The molecule has 0 N–H and O–H groups in total. The smallest absolute Gasteiger partial charge is 0.309 e. The Morgan fingerprint density at radius 2 is 0.797 bits per heavy atom. The van der Waals surface area contributed by atoms with Gasteiger partial charge < -0.3 is 33.3 Å². The molecule has 0 saturated heterocycles. The number of likely N-dealkylation sites (N-methyl/N-ethyl adjacent to an activating group) is 1. The van der Waals surface area contributed by atoms with Crippen LogP contribution >= 0.6 is 0 Å². The van der Waals surface area contributed by atoms with Gasteiger partial charge in [0.2, 0.25) is 0 Å². The Balaban J connectivity index is 4.57. The number of carbonyl (C=O) groups excluding carboxylic acids is 3. The van der Waals surface area contributed by atoms with E-state index in [2.05, 4.69) is 160 Å². The molecule has 0 bridgehead atoms. The lowest BCUT2D eigenvalue weighted by atomic mass is 10.2. The lowest BCUT2D eigenvalue weighted by Gasteiger charge is -2.26. The predicted molar refractivity (Wildman–Crippen MR) is 287 cm³/mol. The fourth-order valence-corrected chi connectivity index (χ4v) is 5.67. The number of quaternary nitrogens is 1. The van der Waals surface area contributed by atoms with Gasteiger partial charge in [0.25, 0.3) is 0 Å². The number of nitrogens with zero attached hydrogens (tertiary/aromatic N) is 1. The standard InChI is InChI=1S/C60H89NO8/c1-6-8-10-12-14-16-18-20-22-23-24-25-26-27-28-29-30-31-32-33-34-35-37-39-41-43-45-47-49-51-58(63)69-56(55-68-60(59(64)65)66-53-52-61(3,4)5)54-67-57(62)50-48-46-44-42-40-38-36-21-19-17-15-13-11-9-7-2/h8-11,14-17,20-22,24-25,27-28,30-31,33-34,36-37,39-40,42-43,45-46,48,56,60H,6-7,12-13,18-19,23,26,29,32,35,38,41,44,47,49-55H2,1-5H3/b10-8-,11-9-,16-14-,17-15-,22-20-,25-24-,28-27-,31-30-,34-33-,36-21-,39-37-,42-40-,45-43-,48-46-. The second-order valence-corrected chi connectivity index (χ2v) is 17.0. The molecule has 2 unspecified atom stereocenters. The second kappa shape index (κ2) is 49.1. The number of carboxylic acids is 1. The molecule has 0 aromatic rings. The van der Waals surface area contributed by atoms with Crippen molar-refractivity contribution >= 4 is 17.9 Å². The van der Waals surface area contributed by atoms with Crippen LogP contribution in [0.3, 0.4) is 0 Å². The van der Waals surface area contributed by atoms with E-state index < -0.39 is 30.3 Å². The van der Waals surface area contributed by atoms with E-state index in [1.807, 2.05) is 39.4 Å². The van der Waals surface area contributed by atoms with Gasteiger partial charge in [0.1, 0.15) is 13.2 Å². The van der Waals surface area contributed by atoms with Crippen LogP contribution in [0.4, 0.5) is 0 Å². The zero-order chi connectivity index (χ0) is 50.6. The largest absolute Gasteiger partial charge is 0.545 e. The summed E-state index contributed by atoms with van der Waals surface area (Å²) in [6.45, 7) is 4.28. The van der Waals surface area contributed by atoms with E-state index in [1.165, 1.54) is 0 Å². The highest BCUT2D eigenvalue weighted by atomic mass is 16.7. The Morgan fingerprint density at radius 3 is 1.14 bits per heavy atom. The molecule has 9 heteroatoms. The van der Waals surface area contributed by atoms with Crippen LogP contribution in [0.1, 0.15) is 129 Å². The molecule has 0 heterocycles. The molecule has 0 aliphatic rings. The van der Waals surface area contributed by atoms with E-state index in [0.29, 0.717) is 30.3 Å². The zero-order valence-corrected chi connectivity index (χ0v) is 43.1. The van der Waals surface area contributed by atoms with E-state index >= 15 is 0 Å². The van der Waals surface area contributed by atoms with Crippen LogP contribution in [0.25, 0.3) is 0 Å². The van der Waals surface area contributed by atoms with E-state index in [-0.39, 0.29) is 32.7 Å². The molecule has 0 saturated carbocycles. The average molecular weight is 952 g/mol. The molecule has 9 nitrogen and oxygen atoms in total. The Bertz CT molecular complexity index is 1720. The van der Waals surface area contributed by atoms with Gasteiger partial charge in [-0.15, -0.1) is 0 Å². The van der Waals surface area contributed by atoms with Crippen molar-refractivity contribution in [1.29, 1.82) is 0 Å². The highest BCUT2D eigenvalue weighted by Gasteiger charge is 2.21. The molecule has 382 valence electrons. The maximum atomic E-state index is 12.8. The normalized spacial score (nSPS) is 14.3. The van der Waals surface area contributed by atoms with Gasteiger partial charge in [-0.3, -0.25) is 9.59 Å². The van der Waals surface area contributed by atoms with Crippen molar-refractivity contribution in [2.24, 2.45) is 0 Å². The van der Waals surface area contributed by atoms with Crippen LogP contribution in [0, 0.1) is 0 Å². The Morgan fingerprint density at radius 1 is 0.449 bits per heavy atom. The number of hydrogen-bond donors (Lipinski definition) is 0. The minimum Gasteiger partial charge on any atom is -0.545 e. The number of carbonyl (C=O) groups is 3. The maximum Gasteiger partial charge on any atom is 0.309 e. The van der Waals surface area contributed by atoms with Gasteiger partial charge in [0, 0.05) is 6.42 Å². The summed E-state index contributed by atoms with van der Waals surface area (Å²) >= 11 is 0. The summed E-state index contributed by atoms with van der Waals surface area (Å²) in [4.78, 5) is 37.0. The number of hydrogen-bond acceptors (Lipinski definition) is 8. The second-order valence-electron chi connectivity index (χ2n) is 17.0. The predicted octanol–water partition coefficient (Wildman–Crippen LogP) is 13.1. The van der Waals surface area contributed by atoms with Gasteiger partial charge in [0.05, 0.1) is 46.7 Å². The third-order valence-electron chi connectivity index (χ3n) is 9.49. The van der Waals surface area contributed by atoms with Gasteiger partial charge >= 0.3 is 11.9 Å². The number of aliphatic carboxylic acids is 1. The van der Waals surface area contributed by atoms with Crippen LogP contribution in [0.5, 0.6) is 0 Å². The first-order chi connectivity index (χ1) is 33.6. The van der Waals surface area contributed by atoms with Crippen molar-refractivity contribution < 1.29 is 42.9 Å². The van der Waals surface area contributed by atoms with Crippen LogP contribution in [0.15, 0.2) is 170 Å². The van der Waals surface area contributed by atoms with Crippen molar-refractivity contribution in [2.75, 3.05) is 47.5 Å². The Hall–Kier alpha value is -5.35. The lowest BCUT2D eigenvalue weighted by Crippen LogP contribution is -2.44. The summed E-state index contributed by atoms with van der Waals surface area (Å²) in [7, 11) is 5.85. The summed E-state index contributed by atoms with van der Waals surface area (Å²) in [6.07, 6.45) is 71.5. The van der Waals surface area contributed by atoms with Crippen molar-refractivity contribution in [3.05, 3.63) is 170 Å². The van der Waals surface area contributed by atoms with Crippen LogP contribution in [0.2, 0.25) is 0 Å². The first-order valence-corrected chi connectivity index (χ1v) is 25.3. The van der Waals surface area contributed by atoms with Gasteiger partial charge in [-0.05, 0) is 103 Å². The topological polar surface area (TPSA) is 111 Å². The summed E-state index contributed by atoms with van der Waals surface area (Å²) in [5.41, 5.74) is 0. The van der Waals surface area contributed by atoms with Crippen LogP contribution in [-0.2, 0) is 33.3 Å². The molecule has 0 aliphatic heterocycles. The fraction of sp³-hybridized carbons (Fsp3) is 0.483. The minimum atomic E-state index is -1.67. The highest BCUT2D eigenvalue weighted by Crippen LogP contribution is 2.08. The number of allylic oxidation sites excluding steroid dienone is 27. The molecular weight excluding hydrogens is 863 g/mol. The number of rotatable bonds is 43. The summed E-state index contributed by atoms with van der Waals surface area (Å²) in [6, 6.07) is 0. The van der Waals surface area contributed by atoms with Crippen molar-refractivity contribution in [3.63, 3.8) is 0 Å². The summed E-state index contributed by atoms with van der Waals surface area (Å²) < 4.78 is 22.4. The average Bonchev–Trinajstić information content (AvgIpc) is 3.31. The van der Waals surface area contributed by atoms with E-state index in [1.54, 1.807) is 6.08 Å². The third kappa shape index (κ3) is 50.4. The highest BCUT2D eigenvalue weighted by molar-refractivity contribution is 5.71. The third-order valence-corrected chi connectivity index (χ3v) is 9.49. The molecule has 0 rings (SSSR count). The van der Waals surface area contributed by atoms with Gasteiger partial charge in [0.15, 0.2) is 12.4 Å². The number of carboxylic acid groups (broad SMARTS) is 1. The number of esters is 2. The van der Waals surface area contributed by atoms with E-state index in [0.717, 1.165) is 83.5 Å². The Labute approximate surface area is 418 Å².